The summed E-state index contributed by atoms with van der Waals surface area (Å²) < 4.78 is 23.7. The van der Waals surface area contributed by atoms with Crippen LogP contribution in [0.3, 0.4) is 0 Å². The standard InChI is InChI=1S/C56H109N2O6P/c1-6-8-10-12-14-16-18-20-22-24-26-27-28-29-30-32-33-35-37-39-41-43-45-47-49-55(59)54(53-64-65(61,62)63-52-51-58(3,4)5)57-56(60)50-48-46-44-42-40-38-36-34-31-25-23-21-19-17-15-13-11-9-7-2/h32-33,39,41,47,49,54-55,59H,6-31,34-38,40,42-46,48,50-53H2,1-5H3,(H-,57,60,61,62)/p+1/b33-32+,41-39+,49-47+. The number of rotatable bonds is 51. The van der Waals surface area contributed by atoms with E-state index in [1.807, 2.05) is 27.2 Å². The third-order valence-electron chi connectivity index (χ3n) is 12.6. The van der Waals surface area contributed by atoms with E-state index in [0.29, 0.717) is 17.4 Å². The van der Waals surface area contributed by atoms with E-state index in [2.05, 4.69) is 43.5 Å². The summed E-state index contributed by atoms with van der Waals surface area (Å²) in [5, 5.41) is 13.9. The highest BCUT2D eigenvalue weighted by Gasteiger charge is 2.27. The first-order valence-electron chi connectivity index (χ1n) is 27.9. The molecule has 0 aromatic carbocycles. The van der Waals surface area contributed by atoms with Gasteiger partial charge in [-0.1, -0.05) is 249 Å². The summed E-state index contributed by atoms with van der Waals surface area (Å²) in [7, 11) is 1.56. The summed E-state index contributed by atoms with van der Waals surface area (Å²) in [6.45, 7) is 4.82. The van der Waals surface area contributed by atoms with Gasteiger partial charge in [0.25, 0.3) is 0 Å². The SMILES string of the molecule is CCCCCCCCCCCCCCCC/C=C/CC/C=C/CC/C=C/C(O)C(COP(=O)(O)OCC[N+](C)(C)C)NC(=O)CCCCCCCCCCCCCCCCCCCCC. The molecule has 3 unspecified atom stereocenters. The van der Waals surface area contributed by atoms with E-state index in [-0.39, 0.29) is 19.1 Å². The molecule has 9 heteroatoms. The van der Waals surface area contributed by atoms with Gasteiger partial charge < -0.3 is 19.8 Å². The molecule has 384 valence electrons. The molecule has 0 heterocycles. The Kier molecular flexibility index (Phi) is 46.8. The van der Waals surface area contributed by atoms with Crippen LogP contribution in [0.4, 0.5) is 0 Å². The molecule has 3 N–H and O–H groups in total. The summed E-state index contributed by atoms with van der Waals surface area (Å²) in [4.78, 5) is 23.3. The number of phosphoric acid groups is 1. The van der Waals surface area contributed by atoms with E-state index in [4.69, 9.17) is 9.05 Å². The van der Waals surface area contributed by atoms with Gasteiger partial charge in [-0.3, -0.25) is 13.8 Å². The van der Waals surface area contributed by atoms with Crippen LogP contribution in [0.2, 0.25) is 0 Å². The van der Waals surface area contributed by atoms with E-state index in [1.165, 1.54) is 199 Å². The molecule has 3 atom stereocenters. The number of quaternary nitrogens is 1. The van der Waals surface area contributed by atoms with E-state index >= 15 is 0 Å². The second-order valence-corrected chi connectivity index (χ2v) is 21.8. The fourth-order valence-corrected chi connectivity index (χ4v) is 8.93. The van der Waals surface area contributed by atoms with Gasteiger partial charge in [-0.2, -0.15) is 0 Å². The van der Waals surface area contributed by atoms with Gasteiger partial charge in [0.15, 0.2) is 0 Å². The van der Waals surface area contributed by atoms with Crippen molar-refractivity contribution in [2.75, 3.05) is 40.9 Å². The summed E-state index contributed by atoms with van der Waals surface area (Å²) in [5.41, 5.74) is 0. The third-order valence-corrected chi connectivity index (χ3v) is 13.6. The average molecular weight is 938 g/mol. The quantitative estimate of drug-likeness (QED) is 0.0243. The summed E-state index contributed by atoms with van der Waals surface area (Å²) >= 11 is 0. The highest BCUT2D eigenvalue weighted by Crippen LogP contribution is 2.43. The van der Waals surface area contributed by atoms with Crippen LogP contribution in [0.25, 0.3) is 0 Å². The van der Waals surface area contributed by atoms with Gasteiger partial charge >= 0.3 is 7.82 Å². The molecule has 0 fully saturated rings. The Morgan fingerprint density at radius 2 is 0.846 bits per heavy atom. The van der Waals surface area contributed by atoms with Gasteiger partial charge in [-0.05, 0) is 44.9 Å². The highest BCUT2D eigenvalue weighted by atomic mass is 31.2. The summed E-state index contributed by atoms with van der Waals surface area (Å²) in [5.74, 6) is -0.187. The molecule has 1 amide bonds. The maximum absolute atomic E-state index is 12.9. The van der Waals surface area contributed by atoms with Crippen molar-refractivity contribution in [3.8, 4) is 0 Å². The normalized spacial score (nSPS) is 14.3. The molecule has 0 rings (SSSR count). The topological polar surface area (TPSA) is 105 Å². The molecule has 0 saturated carbocycles. The zero-order chi connectivity index (χ0) is 47.8. The Balaban J connectivity index is 4.31. The fourth-order valence-electron chi connectivity index (χ4n) is 8.19. The number of carbonyl (C=O) groups is 1. The monoisotopic (exact) mass is 938 g/mol. The van der Waals surface area contributed by atoms with Gasteiger partial charge in [-0.15, -0.1) is 0 Å². The third kappa shape index (κ3) is 50.4. The molecule has 0 aromatic rings. The Morgan fingerprint density at radius 1 is 0.508 bits per heavy atom. The number of aliphatic hydroxyl groups is 1. The molecule has 0 bridgehead atoms. The predicted octanol–water partition coefficient (Wildman–Crippen LogP) is 16.6. The lowest BCUT2D eigenvalue weighted by Gasteiger charge is -2.25. The van der Waals surface area contributed by atoms with Gasteiger partial charge in [0, 0.05) is 6.42 Å². The van der Waals surface area contributed by atoms with Crippen LogP contribution in [0, 0.1) is 0 Å². The number of likely N-dealkylation sites (N-methyl/N-ethyl adjacent to an activating group) is 1. The lowest BCUT2D eigenvalue weighted by atomic mass is 10.0. The van der Waals surface area contributed by atoms with Crippen LogP contribution in [-0.4, -0.2) is 73.4 Å². The average Bonchev–Trinajstić information content (AvgIpc) is 3.26. The van der Waals surface area contributed by atoms with Crippen molar-refractivity contribution < 1.29 is 32.9 Å². The lowest BCUT2D eigenvalue weighted by Crippen LogP contribution is -2.45. The maximum Gasteiger partial charge on any atom is 0.472 e. The minimum Gasteiger partial charge on any atom is -0.387 e. The number of allylic oxidation sites excluding steroid dienone is 5. The van der Waals surface area contributed by atoms with Crippen LogP contribution in [0.1, 0.15) is 264 Å². The zero-order valence-corrected chi connectivity index (χ0v) is 44.6. The summed E-state index contributed by atoms with van der Waals surface area (Å²) in [6.07, 6.45) is 61.0. The van der Waals surface area contributed by atoms with Crippen LogP contribution in [0.15, 0.2) is 36.5 Å². The number of nitrogens with one attached hydrogen (secondary N) is 1. The molecule has 0 radical (unpaired) electrons. The molecule has 0 saturated heterocycles. The smallest absolute Gasteiger partial charge is 0.387 e. The van der Waals surface area contributed by atoms with E-state index in [1.54, 1.807) is 6.08 Å². The van der Waals surface area contributed by atoms with Crippen LogP contribution < -0.4 is 5.32 Å². The number of unbranched alkanes of at least 4 members (excludes halogenated alkanes) is 34. The Hall–Kier alpha value is -1.28. The maximum atomic E-state index is 12.9. The fraction of sp³-hybridized carbons (Fsp3) is 0.875. The van der Waals surface area contributed by atoms with E-state index < -0.39 is 20.0 Å². The van der Waals surface area contributed by atoms with Crippen molar-refractivity contribution in [2.24, 2.45) is 0 Å². The minimum absolute atomic E-state index is 0.0551. The van der Waals surface area contributed by atoms with Gasteiger partial charge in [-0.25, -0.2) is 4.57 Å². The molecule has 0 spiro atoms. The highest BCUT2D eigenvalue weighted by molar-refractivity contribution is 7.47. The number of phosphoric ester groups is 1. The van der Waals surface area contributed by atoms with Crippen LogP contribution in [0.5, 0.6) is 0 Å². The zero-order valence-electron chi connectivity index (χ0n) is 43.7. The van der Waals surface area contributed by atoms with Crippen LogP contribution in [-0.2, 0) is 18.4 Å². The van der Waals surface area contributed by atoms with Gasteiger partial charge in [0.05, 0.1) is 39.9 Å². The van der Waals surface area contributed by atoms with Gasteiger partial charge in [0.2, 0.25) is 5.91 Å². The Morgan fingerprint density at radius 3 is 1.23 bits per heavy atom. The second-order valence-electron chi connectivity index (χ2n) is 20.3. The number of aliphatic hydroxyl groups excluding tert-OH is 1. The number of carbonyl (C=O) groups excluding carboxylic acids is 1. The molecule has 0 aliphatic heterocycles. The molecule has 0 aliphatic rings. The van der Waals surface area contributed by atoms with Crippen molar-refractivity contribution in [3.05, 3.63) is 36.5 Å². The molecule has 8 nitrogen and oxygen atoms in total. The van der Waals surface area contributed by atoms with Gasteiger partial charge in [0.1, 0.15) is 13.2 Å². The first kappa shape index (κ1) is 63.7. The number of hydrogen-bond donors (Lipinski definition) is 3. The first-order valence-corrected chi connectivity index (χ1v) is 29.4. The van der Waals surface area contributed by atoms with E-state index in [9.17, 15) is 19.4 Å². The van der Waals surface area contributed by atoms with Crippen molar-refractivity contribution in [2.45, 2.75) is 276 Å². The number of nitrogens with zero attached hydrogens (tertiary/aromatic N) is 1. The summed E-state index contributed by atoms with van der Waals surface area (Å²) in [6, 6.07) is -0.867. The second kappa shape index (κ2) is 47.8. The molecular formula is C56H110N2O6P+. The Bertz CT molecular complexity index is 1150. The van der Waals surface area contributed by atoms with Crippen molar-refractivity contribution in [3.63, 3.8) is 0 Å². The number of amides is 1. The van der Waals surface area contributed by atoms with Crippen molar-refractivity contribution in [1.29, 1.82) is 0 Å². The van der Waals surface area contributed by atoms with Crippen molar-refractivity contribution >= 4 is 13.7 Å². The Labute approximate surface area is 404 Å². The van der Waals surface area contributed by atoms with E-state index in [0.717, 1.165) is 44.9 Å². The largest absolute Gasteiger partial charge is 0.472 e. The molecule has 0 aromatic heterocycles. The lowest BCUT2D eigenvalue weighted by molar-refractivity contribution is -0.870. The first-order chi connectivity index (χ1) is 31.5. The van der Waals surface area contributed by atoms with Crippen molar-refractivity contribution in [1.82, 2.24) is 5.32 Å². The predicted molar refractivity (Wildman–Crippen MR) is 281 cm³/mol. The molecule has 65 heavy (non-hydrogen) atoms. The van der Waals surface area contributed by atoms with Crippen LogP contribution >= 0.6 is 7.82 Å². The minimum atomic E-state index is -4.35. The molecule has 0 aliphatic carbocycles. The number of hydrogen-bond acceptors (Lipinski definition) is 5. The molecular weight excluding hydrogens is 828 g/mol.